The predicted molar refractivity (Wildman–Crippen MR) is 36.5 cm³/mol. The Morgan fingerprint density at radius 2 is 2.11 bits per heavy atom. The van der Waals surface area contributed by atoms with Crippen molar-refractivity contribution in [2.45, 2.75) is 19.9 Å². The maximum absolute atomic E-state index is 12.6. The molecule has 0 spiro atoms. The smallest absolute Gasteiger partial charge is 0.135 e. The van der Waals surface area contributed by atoms with E-state index in [0.717, 1.165) is 0 Å². The van der Waals surface area contributed by atoms with Gasteiger partial charge in [-0.25, -0.2) is 4.39 Å². The van der Waals surface area contributed by atoms with E-state index in [4.69, 9.17) is 5.73 Å². The van der Waals surface area contributed by atoms with Crippen LogP contribution in [-0.4, -0.2) is 13.1 Å². The second-order valence-corrected chi connectivity index (χ2v) is 2.04. The van der Waals surface area contributed by atoms with Crippen LogP contribution in [-0.2, 0) is 0 Å². The van der Waals surface area contributed by atoms with Crippen molar-refractivity contribution in [1.29, 1.82) is 0 Å². The number of hydrogen-bond donors (Lipinski definition) is 2. The van der Waals surface area contributed by atoms with Crippen LogP contribution in [0.1, 0.15) is 13.8 Å². The molecule has 3 heteroatoms. The minimum absolute atomic E-state index is 0.247. The number of halogens is 1. The van der Waals surface area contributed by atoms with E-state index in [2.05, 4.69) is 5.32 Å². The molecule has 2 nitrogen and oxygen atoms in total. The van der Waals surface area contributed by atoms with Crippen molar-refractivity contribution in [1.82, 2.24) is 5.32 Å². The summed E-state index contributed by atoms with van der Waals surface area (Å²) in [6.07, 6.45) is 0. The fourth-order valence-electron chi connectivity index (χ4n) is 0.468. The monoisotopic (exact) mass is 132 g/mol. The summed E-state index contributed by atoms with van der Waals surface area (Å²) in [6, 6.07) is -0.269. The van der Waals surface area contributed by atoms with E-state index < -0.39 is 0 Å². The van der Waals surface area contributed by atoms with Crippen LogP contribution in [0.3, 0.4) is 0 Å². The van der Waals surface area contributed by atoms with Gasteiger partial charge in [0, 0.05) is 5.70 Å². The minimum atomic E-state index is -0.280. The average Bonchev–Trinajstić information content (AvgIpc) is 1.84. The van der Waals surface area contributed by atoms with Gasteiger partial charge in [0.1, 0.15) is 5.83 Å². The lowest BCUT2D eigenvalue weighted by atomic mass is 10.2. The van der Waals surface area contributed by atoms with Crippen molar-refractivity contribution in [2.75, 3.05) is 7.05 Å². The first-order valence-electron chi connectivity index (χ1n) is 2.88. The fourth-order valence-corrected chi connectivity index (χ4v) is 0.468. The zero-order valence-corrected chi connectivity index (χ0v) is 6.03. The Hall–Kier alpha value is -0.570. The van der Waals surface area contributed by atoms with Crippen LogP contribution in [0.15, 0.2) is 11.5 Å². The first-order valence-corrected chi connectivity index (χ1v) is 2.88. The van der Waals surface area contributed by atoms with Gasteiger partial charge in [-0.3, -0.25) is 0 Å². The van der Waals surface area contributed by atoms with Crippen molar-refractivity contribution in [3.05, 3.63) is 11.5 Å². The Morgan fingerprint density at radius 3 is 2.22 bits per heavy atom. The highest BCUT2D eigenvalue weighted by Crippen LogP contribution is 2.04. The third-order valence-electron chi connectivity index (χ3n) is 1.19. The van der Waals surface area contributed by atoms with Crippen molar-refractivity contribution < 1.29 is 4.39 Å². The summed E-state index contributed by atoms with van der Waals surface area (Å²) in [5.41, 5.74) is 5.42. The normalized spacial score (nSPS) is 16.9. The summed E-state index contributed by atoms with van der Waals surface area (Å²) in [5.74, 6) is -0.280. The second kappa shape index (κ2) is 3.45. The second-order valence-electron chi connectivity index (χ2n) is 2.04. The maximum atomic E-state index is 12.6. The van der Waals surface area contributed by atoms with E-state index >= 15 is 0 Å². The van der Waals surface area contributed by atoms with E-state index in [9.17, 15) is 4.39 Å². The van der Waals surface area contributed by atoms with E-state index in [-0.39, 0.29) is 17.6 Å². The molecular formula is C6H13FN2. The van der Waals surface area contributed by atoms with Crippen molar-refractivity contribution >= 4 is 0 Å². The first kappa shape index (κ1) is 8.43. The summed E-state index contributed by atoms with van der Waals surface area (Å²) in [6.45, 7) is 3.26. The molecule has 0 bridgehead atoms. The zero-order chi connectivity index (χ0) is 7.44. The molecule has 0 fully saturated rings. The molecule has 0 aliphatic heterocycles. The van der Waals surface area contributed by atoms with Crippen molar-refractivity contribution in [3.63, 3.8) is 0 Å². The molecule has 0 amide bonds. The van der Waals surface area contributed by atoms with Crippen LogP contribution in [0.5, 0.6) is 0 Å². The fraction of sp³-hybridized carbons (Fsp3) is 0.667. The molecule has 9 heavy (non-hydrogen) atoms. The van der Waals surface area contributed by atoms with E-state index in [1.807, 2.05) is 0 Å². The van der Waals surface area contributed by atoms with Crippen molar-refractivity contribution in [3.8, 4) is 0 Å². The summed E-state index contributed by atoms with van der Waals surface area (Å²) < 4.78 is 12.6. The third-order valence-corrected chi connectivity index (χ3v) is 1.19. The topological polar surface area (TPSA) is 38.0 Å². The van der Waals surface area contributed by atoms with Crippen LogP contribution < -0.4 is 11.1 Å². The molecule has 0 aromatic heterocycles. The van der Waals surface area contributed by atoms with Gasteiger partial charge in [0.15, 0.2) is 0 Å². The van der Waals surface area contributed by atoms with Crippen LogP contribution >= 0.6 is 0 Å². The van der Waals surface area contributed by atoms with Crippen molar-refractivity contribution in [2.24, 2.45) is 5.73 Å². The molecule has 3 N–H and O–H groups in total. The molecule has 0 aliphatic carbocycles. The summed E-state index contributed by atoms with van der Waals surface area (Å²) >= 11 is 0. The molecule has 0 rings (SSSR count). The van der Waals surface area contributed by atoms with Gasteiger partial charge in [-0.2, -0.15) is 0 Å². The minimum Gasteiger partial charge on any atom is -0.400 e. The molecular weight excluding hydrogens is 119 g/mol. The van der Waals surface area contributed by atoms with Gasteiger partial charge in [0.25, 0.3) is 0 Å². The van der Waals surface area contributed by atoms with E-state index in [1.165, 1.54) is 0 Å². The number of rotatable bonds is 2. The standard InChI is InChI=1S/C6H13FN2/c1-4(8)6(7)5(2)9-3/h5,9H,8H2,1-3H3/b6-4+. The first-order chi connectivity index (χ1) is 4.09. The highest BCUT2D eigenvalue weighted by molar-refractivity contribution is 5.06. The summed E-state index contributed by atoms with van der Waals surface area (Å²) in [7, 11) is 1.69. The number of nitrogens with two attached hydrogens (primary N) is 1. The Kier molecular flexibility index (Phi) is 3.24. The van der Waals surface area contributed by atoms with E-state index in [0.29, 0.717) is 0 Å². The van der Waals surface area contributed by atoms with Gasteiger partial charge in [-0.15, -0.1) is 0 Å². The highest BCUT2D eigenvalue weighted by Gasteiger charge is 2.05. The van der Waals surface area contributed by atoms with Crippen LogP contribution in [0.2, 0.25) is 0 Å². The van der Waals surface area contributed by atoms with Gasteiger partial charge < -0.3 is 11.1 Å². The summed E-state index contributed by atoms with van der Waals surface area (Å²) in [5, 5.41) is 2.73. The lowest BCUT2D eigenvalue weighted by Crippen LogP contribution is -2.23. The van der Waals surface area contributed by atoms with Gasteiger partial charge in [0.05, 0.1) is 6.04 Å². The summed E-state index contributed by atoms with van der Waals surface area (Å²) in [4.78, 5) is 0. The maximum Gasteiger partial charge on any atom is 0.135 e. The molecule has 0 aromatic carbocycles. The molecule has 1 unspecified atom stereocenters. The number of likely N-dealkylation sites (N-methyl/N-ethyl adjacent to an activating group) is 1. The molecule has 0 saturated heterocycles. The van der Waals surface area contributed by atoms with Crippen LogP contribution in [0.25, 0.3) is 0 Å². The number of hydrogen-bond acceptors (Lipinski definition) is 2. The molecule has 1 atom stereocenters. The highest BCUT2D eigenvalue weighted by atomic mass is 19.1. The predicted octanol–water partition coefficient (Wildman–Crippen LogP) is 0.754. The Bertz CT molecular complexity index is 116. The Morgan fingerprint density at radius 1 is 1.67 bits per heavy atom. The lowest BCUT2D eigenvalue weighted by Gasteiger charge is -2.07. The molecule has 0 aromatic rings. The Labute approximate surface area is 54.9 Å². The largest absolute Gasteiger partial charge is 0.400 e. The van der Waals surface area contributed by atoms with Gasteiger partial charge in [-0.05, 0) is 20.9 Å². The number of allylic oxidation sites excluding steroid dienone is 1. The third kappa shape index (κ3) is 2.46. The SMILES string of the molecule is CNC(C)/C(F)=C(/C)N. The lowest BCUT2D eigenvalue weighted by molar-refractivity contribution is 0.504. The van der Waals surface area contributed by atoms with Gasteiger partial charge in [-0.1, -0.05) is 0 Å². The van der Waals surface area contributed by atoms with Gasteiger partial charge >= 0.3 is 0 Å². The van der Waals surface area contributed by atoms with Gasteiger partial charge in [0.2, 0.25) is 0 Å². The molecule has 0 heterocycles. The molecule has 0 saturated carbocycles. The molecule has 54 valence electrons. The molecule has 0 aliphatic rings. The average molecular weight is 132 g/mol. The quantitative estimate of drug-likeness (QED) is 0.582. The number of nitrogens with one attached hydrogen (secondary N) is 1. The van der Waals surface area contributed by atoms with E-state index in [1.54, 1.807) is 20.9 Å². The van der Waals surface area contributed by atoms with Crippen LogP contribution in [0, 0.1) is 0 Å². The molecule has 0 radical (unpaired) electrons. The zero-order valence-electron chi connectivity index (χ0n) is 6.03. The van der Waals surface area contributed by atoms with Crippen LogP contribution in [0.4, 0.5) is 4.39 Å². The Balaban J connectivity index is 4.02.